The summed E-state index contributed by atoms with van der Waals surface area (Å²) in [4.78, 5) is 13.4. The Labute approximate surface area is 91.0 Å². The second-order valence-electron chi connectivity index (χ2n) is 4.62. The van der Waals surface area contributed by atoms with E-state index in [0.29, 0.717) is 6.42 Å². The zero-order valence-corrected chi connectivity index (χ0v) is 9.37. The van der Waals surface area contributed by atoms with Crippen LogP contribution in [0.4, 0.5) is 0 Å². The van der Waals surface area contributed by atoms with Crippen molar-refractivity contribution in [2.45, 2.75) is 12.8 Å². The molecule has 4 heteroatoms. The van der Waals surface area contributed by atoms with Crippen molar-refractivity contribution in [2.75, 3.05) is 39.8 Å². The van der Waals surface area contributed by atoms with Gasteiger partial charge in [0.2, 0.25) is 0 Å². The van der Waals surface area contributed by atoms with E-state index >= 15 is 0 Å². The van der Waals surface area contributed by atoms with E-state index in [0.717, 1.165) is 24.8 Å². The molecule has 0 spiro atoms. The molecule has 2 fully saturated rings. The largest absolute Gasteiger partial charge is 0.469 e. The van der Waals surface area contributed by atoms with Crippen molar-refractivity contribution >= 4 is 5.97 Å². The van der Waals surface area contributed by atoms with Gasteiger partial charge in [0.25, 0.3) is 0 Å². The molecular weight excluding hydrogens is 192 g/mol. The lowest BCUT2D eigenvalue weighted by Gasteiger charge is -2.16. The van der Waals surface area contributed by atoms with Crippen molar-refractivity contribution in [3.05, 3.63) is 0 Å². The van der Waals surface area contributed by atoms with Gasteiger partial charge in [-0.15, -0.1) is 0 Å². The van der Waals surface area contributed by atoms with Crippen LogP contribution in [0.25, 0.3) is 0 Å². The summed E-state index contributed by atoms with van der Waals surface area (Å²) in [5.41, 5.74) is 0. The Hall–Kier alpha value is -0.610. The molecule has 0 amide bonds. The molecular formula is C11H20N2O2. The summed E-state index contributed by atoms with van der Waals surface area (Å²) < 4.78 is 4.62. The number of nitrogens with one attached hydrogen (secondary N) is 1. The van der Waals surface area contributed by atoms with Crippen molar-refractivity contribution in [1.29, 1.82) is 0 Å². The Morgan fingerprint density at radius 1 is 1.40 bits per heavy atom. The molecule has 4 nitrogen and oxygen atoms in total. The van der Waals surface area contributed by atoms with Gasteiger partial charge in [-0.1, -0.05) is 0 Å². The van der Waals surface area contributed by atoms with Gasteiger partial charge in [0, 0.05) is 19.5 Å². The van der Waals surface area contributed by atoms with Gasteiger partial charge in [-0.3, -0.25) is 4.79 Å². The maximum Gasteiger partial charge on any atom is 0.305 e. The summed E-state index contributed by atoms with van der Waals surface area (Å²) in [6.45, 7) is 5.82. The SMILES string of the molecule is COC(=O)CCCN1CC2CNCC2C1. The van der Waals surface area contributed by atoms with Crippen LogP contribution in [-0.2, 0) is 9.53 Å². The molecule has 0 saturated carbocycles. The number of carbonyl (C=O) groups excluding carboxylic acids is 1. The minimum Gasteiger partial charge on any atom is -0.469 e. The second kappa shape index (κ2) is 4.94. The number of esters is 1. The van der Waals surface area contributed by atoms with E-state index in [1.165, 1.54) is 33.3 Å². The highest BCUT2D eigenvalue weighted by Crippen LogP contribution is 2.26. The van der Waals surface area contributed by atoms with Crippen LogP contribution in [-0.4, -0.2) is 50.7 Å². The van der Waals surface area contributed by atoms with Crippen LogP contribution in [0.15, 0.2) is 0 Å². The summed E-state index contributed by atoms with van der Waals surface area (Å²) in [5.74, 6) is 1.61. The van der Waals surface area contributed by atoms with E-state index < -0.39 is 0 Å². The molecule has 2 aliphatic heterocycles. The summed E-state index contributed by atoms with van der Waals surface area (Å²) in [6, 6.07) is 0. The standard InChI is InChI=1S/C11H20N2O2/c1-15-11(14)3-2-4-13-7-9-5-12-6-10(9)8-13/h9-10,12H,2-8H2,1H3. The van der Waals surface area contributed by atoms with Gasteiger partial charge in [0.15, 0.2) is 0 Å². The number of likely N-dealkylation sites (tertiary alicyclic amines) is 1. The number of ether oxygens (including phenoxy) is 1. The van der Waals surface area contributed by atoms with Crippen LogP contribution in [0.5, 0.6) is 0 Å². The molecule has 0 aliphatic carbocycles. The summed E-state index contributed by atoms with van der Waals surface area (Å²) in [5, 5.41) is 3.43. The highest BCUT2D eigenvalue weighted by molar-refractivity contribution is 5.69. The van der Waals surface area contributed by atoms with Crippen LogP contribution in [0, 0.1) is 11.8 Å². The summed E-state index contributed by atoms with van der Waals surface area (Å²) >= 11 is 0. The molecule has 2 rings (SSSR count). The highest BCUT2D eigenvalue weighted by Gasteiger charge is 2.35. The van der Waals surface area contributed by atoms with E-state index in [2.05, 4.69) is 15.0 Å². The van der Waals surface area contributed by atoms with Crippen LogP contribution >= 0.6 is 0 Å². The fraction of sp³-hybridized carbons (Fsp3) is 0.909. The van der Waals surface area contributed by atoms with Crippen LogP contribution in [0.2, 0.25) is 0 Å². The molecule has 2 heterocycles. The van der Waals surface area contributed by atoms with Gasteiger partial charge in [-0.2, -0.15) is 0 Å². The third kappa shape index (κ3) is 2.69. The molecule has 15 heavy (non-hydrogen) atoms. The van der Waals surface area contributed by atoms with E-state index in [9.17, 15) is 4.79 Å². The third-order valence-electron chi connectivity index (χ3n) is 3.55. The van der Waals surface area contributed by atoms with Gasteiger partial charge < -0.3 is 15.0 Å². The van der Waals surface area contributed by atoms with E-state index in [-0.39, 0.29) is 5.97 Å². The third-order valence-corrected chi connectivity index (χ3v) is 3.55. The normalized spacial score (nSPS) is 30.5. The smallest absolute Gasteiger partial charge is 0.305 e. The predicted octanol–water partition coefficient (Wildman–Crippen LogP) is 0.0908. The first-order valence-electron chi connectivity index (χ1n) is 5.79. The lowest BCUT2D eigenvalue weighted by Crippen LogP contribution is -2.27. The van der Waals surface area contributed by atoms with Crippen molar-refractivity contribution in [2.24, 2.45) is 11.8 Å². The number of hydrogen-bond donors (Lipinski definition) is 1. The van der Waals surface area contributed by atoms with Gasteiger partial charge in [-0.05, 0) is 37.9 Å². The Balaban J connectivity index is 1.63. The minimum atomic E-state index is -0.0870. The first kappa shape index (κ1) is 10.9. The highest BCUT2D eigenvalue weighted by atomic mass is 16.5. The molecule has 0 aromatic heterocycles. The molecule has 0 aromatic carbocycles. The first-order valence-corrected chi connectivity index (χ1v) is 5.79. The number of carbonyl (C=O) groups is 1. The fourth-order valence-electron chi connectivity index (χ4n) is 2.68. The molecule has 0 aromatic rings. The van der Waals surface area contributed by atoms with Crippen molar-refractivity contribution in [1.82, 2.24) is 10.2 Å². The molecule has 0 radical (unpaired) electrons. The summed E-state index contributed by atoms with van der Waals surface area (Å²) in [7, 11) is 1.45. The molecule has 2 aliphatic rings. The average Bonchev–Trinajstić information content (AvgIpc) is 2.77. The molecule has 2 unspecified atom stereocenters. The van der Waals surface area contributed by atoms with Crippen LogP contribution in [0.1, 0.15) is 12.8 Å². The number of nitrogens with zero attached hydrogens (tertiary/aromatic N) is 1. The molecule has 86 valence electrons. The summed E-state index contributed by atoms with van der Waals surface area (Å²) in [6.07, 6.45) is 1.49. The van der Waals surface area contributed by atoms with Crippen molar-refractivity contribution in [3.8, 4) is 0 Å². The van der Waals surface area contributed by atoms with Crippen molar-refractivity contribution < 1.29 is 9.53 Å². The van der Waals surface area contributed by atoms with Gasteiger partial charge in [0.05, 0.1) is 7.11 Å². The second-order valence-corrected chi connectivity index (χ2v) is 4.62. The molecule has 0 bridgehead atoms. The Kier molecular flexibility index (Phi) is 3.59. The molecule has 2 saturated heterocycles. The van der Waals surface area contributed by atoms with Crippen LogP contribution in [0.3, 0.4) is 0 Å². The molecule has 2 atom stereocenters. The van der Waals surface area contributed by atoms with Crippen LogP contribution < -0.4 is 5.32 Å². The lowest BCUT2D eigenvalue weighted by atomic mass is 10.0. The topological polar surface area (TPSA) is 41.6 Å². The monoisotopic (exact) mass is 212 g/mol. The number of hydrogen-bond acceptors (Lipinski definition) is 4. The quantitative estimate of drug-likeness (QED) is 0.671. The fourth-order valence-corrected chi connectivity index (χ4v) is 2.68. The van der Waals surface area contributed by atoms with Crippen molar-refractivity contribution in [3.63, 3.8) is 0 Å². The first-order chi connectivity index (χ1) is 7.29. The predicted molar refractivity (Wildman–Crippen MR) is 57.5 cm³/mol. The minimum absolute atomic E-state index is 0.0870. The van der Waals surface area contributed by atoms with E-state index in [4.69, 9.17) is 0 Å². The van der Waals surface area contributed by atoms with Gasteiger partial charge in [-0.25, -0.2) is 0 Å². The Morgan fingerprint density at radius 3 is 2.67 bits per heavy atom. The van der Waals surface area contributed by atoms with E-state index in [1.807, 2.05) is 0 Å². The zero-order chi connectivity index (χ0) is 10.7. The van der Waals surface area contributed by atoms with E-state index in [1.54, 1.807) is 0 Å². The number of rotatable bonds is 4. The maximum atomic E-state index is 10.9. The van der Waals surface area contributed by atoms with Gasteiger partial charge >= 0.3 is 5.97 Å². The Bertz CT molecular complexity index is 221. The number of methoxy groups -OCH3 is 1. The lowest BCUT2D eigenvalue weighted by molar-refractivity contribution is -0.140. The average molecular weight is 212 g/mol. The molecule has 1 N–H and O–H groups in total. The van der Waals surface area contributed by atoms with Gasteiger partial charge in [0.1, 0.15) is 0 Å². The number of fused-ring (bicyclic) bond motifs is 1. The zero-order valence-electron chi connectivity index (χ0n) is 9.37. The Morgan fingerprint density at radius 2 is 2.07 bits per heavy atom. The maximum absolute atomic E-state index is 10.9.